The van der Waals surface area contributed by atoms with Crippen LogP contribution in [0.15, 0.2) is 18.2 Å². The average molecular weight is 311 g/mol. The molecular formula is C16H23ClN2O2. The third kappa shape index (κ3) is 3.95. The normalized spacial score (nSPS) is 25.8. The Hall–Kier alpha value is -1.13. The number of rotatable bonds is 5. The van der Waals surface area contributed by atoms with Crippen LogP contribution in [0.4, 0.5) is 5.69 Å². The molecule has 5 heteroatoms. The lowest BCUT2D eigenvalue weighted by atomic mass is 9.76. The minimum atomic E-state index is -0.324. The molecule has 2 rings (SSSR count). The van der Waals surface area contributed by atoms with Crippen LogP contribution in [0.25, 0.3) is 0 Å². The SMILES string of the molecule is CCNC1CCC(C)CC1Cc1c(Cl)cccc1[N+](=O)[O-]. The van der Waals surface area contributed by atoms with Crippen molar-refractivity contribution in [1.82, 2.24) is 5.32 Å². The van der Waals surface area contributed by atoms with E-state index in [2.05, 4.69) is 19.2 Å². The van der Waals surface area contributed by atoms with E-state index in [9.17, 15) is 10.1 Å². The number of hydrogen-bond acceptors (Lipinski definition) is 3. The fourth-order valence-corrected chi connectivity index (χ4v) is 3.68. The molecule has 1 saturated carbocycles. The molecule has 1 aromatic rings. The summed E-state index contributed by atoms with van der Waals surface area (Å²) in [4.78, 5) is 10.9. The largest absolute Gasteiger partial charge is 0.314 e. The highest BCUT2D eigenvalue weighted by Gasteiger charge is 2.30. The summed E-state index contributed by atoms with van der Waals surface area (Å²) in [5.74, 6) is 1.08. The van der Waals surface area contributed by atoms with Crippen molar-refractivity contribution in [2.45, 2.75) is 45.6 Å². The van der Waals surface area contributed by atoms with Gasteiger partial charge >= 0.3 is 0 Å². The maximum atomic E-state index is 11.2. The number of nitro benzene ring substituents is 1. The van der Waals surface area contributed by atoms with Crippen molar-refractivity contribution < 1.29 is 4.92 Å². The molecule has 3 atom stereocenters. The van der Waals surface area contributed by atoms with Crippen LogP contribution in [-0.4, -0.2) is 17.5 Å². The smallest absolute Gasteiger partial charge is 0.274 e. The van der Waals surface area contributed by atoms with Gasteiger partial charge in [0.25, 0.3) is 5.69 Å². The Balaban J connectivity index is 2.24. The maximum absolute atomic E-state index is 11.2. The van der Waals surface area contributed by atoms with Crippen molar-refractivity contribution in [3.05, 3.63) is 38.9 Å². The van der Waals surface area contributed by atoms with Crippen molar-refractivity contribution >= 4 is 17.3 Å². The highest BCUT2D eigenvalue weighted by molar-refractivity contribution is 6.31. The topological polar surface area (TPSA) is 55.2 Å². The van der Waals surface area contributed by atoms with Gasteiger partial charge in [-0.15, -0.1) is 0 Å². The van der Waals surface area contributed by atoms with Crippen molar-refractivity contribution in [3.63, 3.8) is 0 Å². The summed E-state index contributed by atoms with van der Waals surface area (Å²) >= 11 is 6.23. The Morgan fingerprint density at radius 1 is 1.43 bits per heavy atom. The predicted molar refractivity (Wildman–Crippen MR) is 85.8 cm³/mol. The fourth-order valence-electron chi connectivity index (χ4n) is 3.44. The van der Waals surface area contributed by atoms with E-state index in [1.165, 1.54) is 6.42 Å². The van der Waals surface area contributed by atoms with Gasteiger partial charge in [0, 0.05) is 17.7 Å². The van der Waals surface area contributed by atoms with Crippen LogP contribution in [0.1, 0.15) is 38.7 Å². The van der Waals surface area contributed by atoms with Crippen LogP contribution >= 0.6 is 11.6 Å². The molecular weight excluding hydrogens is 288 g/mol. The molecule has 1 aromatic carbocycles. The first-order chi connectivity index (χ1) is 10.0. The number of benzene rings is 1. The second-order valence-electron chi connectivity index (χ2n) is 6.04. The van der Waals surface area contributed by atoms with Gasteiger partial charge in [0.05, 0.1) is 9.95 Å². The van der Waals surface area contributed by atoms with Gasteiger partial charge < -0.3 is 5.32 Å². The molecule has 1 aliphatic carbocycles. The van der Waals surface area contributed by atoms with Crippen LogP contribution in [0.2, 0.25) is 5.02 Å². The lowest BCUT2D eigenvalue weighted by molar-refractivity contribution is -0.385. The third-order valence-corrected chi connectivity index (χ3v) is 4.82. The minimum absolute atomic E-state index is 0.149. The molecule has 1 N–H and O–H groups in total. The van der Waals surface area contributed by atoms with Crippen LogP contribution < -0.4 is 5.32 Å². The number of halogens is 1. The molecule has 0 aromatic heterocycles. The van der Waals surface area contributed by atoms with Crippen LogP contribution in [0.5, 0.6) is 0 Å². The van der Waals surface area contributed by atoms with Crippen LogP contribution in [0, 0.1) is 22.0 Å². The van der Waals surface area contributed by atoms with Crippen molar-refractivity contribution in [3.8, 4) is 0 Å². The Kier molecular flexibility index (Phi) is 5.59. The molecule has 0 spiro atoms. The molecule has 21 heavy (non-hydrogen) atoms. The van der Waals surface area contributed by atoms with E-state index < -0.39 is 0 Å². The van der Waals surface area contributed by atoms with Gasteiger partial charge in [0.1, 0.15) is 0 Å². The molecule has 116 valence electrons. The minimum Gasteiger partial charge on any atom is -0.314 e. The summed E-state index contributed by atoms with van der Waals surface area (Å²) in [6.45, 7) is 5.30. The monoisotopic (exact) mass is 310 g/mol. The molecule has 0 aliphatic heterocycles. The summed E-state index contributed by atoms with van der Waals surface area (Å²) < 4.78 is 0. The first-order valence-corrected chi connectivity index (χ1v) is 8.05. The van der Waals surface area contributed by atoms with Crippen LogP contribution in [0.3, 0.4) is 0 Å². The molecule has 0 radical (unpaired) electrons. The lowest BCUT2D eigenvalue weighted by Crippen LogP contribution is -2.41. The van der Waals surface area contributed by atoms with Gasteiger partial charge in [-0.25, -0.2) is 0 Å². The van der Waals surface area contributed by atoms with E-state index in [0.717, 1.165) is 19.4 Å². The van der Waals surface area contributed by atoms with Gasteiger partial charge in [-0.1, -0.05) is 31.5 Å². The highest BCUT2D eigenvalue weighted by atomic mass is 35.5. The van der Waals surface area contributed by atoms with Gasteiger partial charge in [0.15, 0.2) is 0 Å². The Morgan fingerprint density at radius 3 is 2.86 bits per heavy atom. The lowest BCUT2D eigenvalue weighted by Gasteiger charge is -2.35. The number of hydrogen-bond donors (Lipinski definition) is 1. The first kappa shape index (κ1) is 16.2. The third-order valence-electron chi connectivity index (χ3n) is 4.47. The Labute approximate surface area is 131 Å². The van der Waals surface area contributed by atoms with E-state index in [-0.39, 0.29) is 10.6 Å². The van der Waals surface area contributed by atoms with E-state index in [4.69, 9.17) is 11.6 Å². The zero-order valence-corrected chi connectivity index (χ0v) is 13.4. The zero-order chi connectivity index (χ0) is 15.4. The standard InChI is InChI=1S/C16H23ClN2O2/c1-3-18-15-8-7-11(2)9-12(15)10-13-14(17)5-4-6-16(13)19(20)21/h4-6,11-12,15,18H,3,7-10H2,1-2H3. The molecule has 0 saturated heterocycles. The molecule has 1 aliphatic rings. The van der Waals surface area contributed by atoms with Gasteiger partial charge in [-0.05, 0) is 50.1 Å². The van der Waals surface area contributed by atoms with Crippen molar-refractivity contribution in [2.24, 2.45) is 11.8 Å². The second-order valence-corrected chi connectivity index (χ2v) is 6.45. The molecule has 1 fully saturated rings. The summed E-state index contributed by atoms with van der Waals surface area (Å²) in [6.07, 6.45) is 4.13. The molecule has 0 amide bonds. The Morgan fingerprint density at radius 2 is 2.19 bits per heavy atom. The number of nitrogens with one attached hydrogen (secondary N) is 1. The predicted octanol–water partition coefficient (Wildman–Crippen LogP) is 4.21. The number of nitrogens with zero attached hydrogens (tertiary/aromatic N) is 1. The molecule has 3 unspecified atom stereocenters. The summed E-state index contributed by atoms with van der Waals surface area (Å²) in [7, 11) is 0. The molecule has 0 heterocycles. The summed E-state index contributed by atoms with van der Waals surface area (Å²) in [5.41, 5.74) is 0.835. The summed E-state index contributed by atoms with van der Waals surface area (Å²) in [5, 5.41) is 15.3. The summed E-state index contributed by atoms with van der Waals surface area (Å²) in [6, 6.07) is 5.38. The quantitative estimate of drug-likeness (QED) is 0.655. The van der Waals surface area contributed by atoms with E-state index >= 15 is 0 Å². The number of nitro groups is 1. The van der Waals surface area contributed by atoms with E-state index in [1.807, 2.05) is 0 Å². The van der Waals surface area contributed by atoms with Crippen molar-refractivity contribution in [2.75, 3.05) is 6.54 Å². The van der Waals surface area contributed by atoms with Crippen LogP contribution in [-0.2, 0) is 6.42 Å². The van der Waals surface area contributed by atoms with E-state index in [0.29, 0.717) is 34.9 Å². The fraction of sp³-hybridized carbons (Fsp3) is 0.625. The zero-order valence-electron chi connectivity index (χ0n) is 12.6. The Bertz CT molecular complexity index is 507. The molecule has 0 bridgehead atoms. The van der Waals surface area contributed by atoms with Crippen molar-refractivity contribution in [1.29, 1.82) is 0 Å². The second kappa shape index (κ2) is 7.23. The maximum Gasteiger partial charge on any atom is 0.274 e. The van der Waals surface area contributed by atoms with Gasteiger partial charge in [-0.2, -0.15) is 0 Å². The molecule has 4 nitrogen and oxygen atoms in total. The van der Waals surface area contributed by atoms with Gasteiger partial charge in [0.2, 0.25) is 0 Å². The van der Waals surface area contributed by atoms with E-state index in [1.54, 1.807) is 18.2 Å². The highest BCUT2D eigenvalue weighted by Crippen LogP contribution is 2.36. The first-order valence-electron chi connectivity index (χ1n) is 7.68. The average Bonchev–Trinajstić information content (AvgIpc) is 2.44. The van der Waals surface area contributed by atoms with Gasteiger partial charge in [-0.3, -0.25) is 10.1 Å².